The Balaban J connectivity index is 1.66. The molecule has 1 aromatic carbocycles. The minimum Gasteiger partial charge on any atom is -0.481 e. The largest absolute Gasteiger partial charge is 0.481 e. The molecule has 1 saturated carbocycles. The van der Waals surface area contributed by atoms with E-state index in [1.165, 1.54) is 11.1 Å². The molecule has 1 N–H and O–H groups in total. The van der Waals surface area contributed by atoms with Crippen molar-refractivity contribution in [1.29, 1.82) is 0 Å². The number of fused-ring (bicyclic) bond motifs is 1. The van der Waals surface area contributed by atoms with Gasteiger partial charge in [-0.05, 0) is 36.8 Å². The van der Waals surface area contributed by atoms with Crippen LogP contribution in [0.4, 0.5) is 0 Å². The predicted molar refractivity (Wildman–Crippen MR) is 74.0 cm³/mol. The average Bonchev–Trinajstić information content (AvgIpc) is 2.96. The summed E-state index contributed by atoms with van der Waals surface area (Å²) in [5.41, 5.74) is 2.55. The number of carbonyl (C=O) groups excluding carboxylic acids is 1. The summed E-state index contributed by atoms with van der Waals surface area (Å²) in [5, 5.41) is 9.03. The van der Waals surface area contributed by atoms with Gasteiger partial charge in [0.25, 0.3) is 0 Å². The van der Waals surface area contributed by atoms with Crippen molar-refractivity contribution in [3.8, 4) is 0 Å². The number of carboxylic acids is 1. The molecule has 0 radical (unpaired) electrons. The number of benzene rings is 1. The fourth-order valence-corrected chi connectivity index (χ4v) is 3.37. The summed E-state index contributed by atoms with van der Waals surface area (Å²) >= 11 is 0. The summed E-state index contributed by atoms with van der Waals surface area (Å²) in [5.74, 6) is -1.05. The molecular weight excluding hydrogens is 254 g/mol. The Bertz CT molecular complexity index is 540. The molecule has 0 aromatic heterocycles. The molecule has 1 aliphatic carbocycles. The van der Waals surface area contributed by atoms with E-state index in [0.717, 1.165) is 13.0 Å². The topological polar surface area (TPSA) is 57.6 Å². The number of hydrogen-bond donors (Lipinski definition) is 1. The van der Waals surface area contributed by atoms with Gasteiger partial charge in [-0.1, -0.05) is 24.3 Å². The molecule has 106 valence electrons. The van der Waals surface area contributed by atoms with Gasteiger partial charge in [-0.3, -0.25) is 9.59 Å². The molecule has 1 aliphatic heterocycles. The number of hydrogen-bond acceptors (Lipinski definition) is 2. The minimum atomic E-state index is -0.760. The van der Waals surface area contributed by atoms with Crippen LogP contribution >= 0.6 is 0 Å². The molecule has 1 amide bonds. The van der Waals surface area contributed by atoms with Gasteiger partial charge >= 0.3 is 5.97 Å². The Morgan fingerprint density at radius 3 is 2.50 bits per heavy atom. The van der Waals surface area contributed by atoms with Crippen molar-refractivity contribution in [1.82, 2.24) is 4.90 Å². The van der Waals surface area contributed by atoms with E-state index in [2.05, 4.69) is 12.1 Å². The Kier molecular flexibility index (Phi) is 3.47. The second kappa shape index (κ2) is 5.27. The number of carboxylic acid groups (broad SMARTS) is 1. The van der Waals surface area contributed by atoms with E-state index in [4.69, 9.17) is 5.11 Å². The molecule has 2 atom stereocenters. The van der Waals surface area contributed by atoms with Gasteiger partial charge < -0.3 is 10.0 Å². The van der Waals surface area contributed by atoms with Gasteiger partial charge in [-0.25, -0.2) is 0 Å². The summed E-state index contributed by atoms with van der Waals surface area (Å²) in [6, 6.07) is 8.23. The molecule has 0 spiro atoms. The maximum atomic E-state index is 12.5. The number of rotatable bonds is 2. The summed E-state index contributed by atoms with van der Waals surface area (Å²) in [7, 11) is 0. The Morgan fingerprint density at radius 2 is 1.80 bits per heavy atom. The molecule has 3 rings (SSSR count). The molecule has 2 unspecified atom stereocenters. The first-order valence-electron chi connectivity index (χ1n) is 7.23. The third-order valence-electron chi connectivity index (χ3n) is 4.57. The highest BCUT2D eigenvalue weighted by molar-refractivity contribution is 5.81. The van der Waals surface area contributed by atoms with E-state index in [-0.39, 0.29) is 17.7 Å². The highest BCUT2D eigenvalue weighted by Gasteiger charge is 2.36. The SMILES string of the molecule is O=C(O)C1CCC(C(=O)N2CCc3ccccc3C2)C1. The summed E-state index contributed by atoms with van der Waals surface area (Å²) in [6.07, 6.45) is 2.76. The molecule has 20 heavy (non-hydrogen) atoms. The minimum absolute atomic E-state index is 0.0960. The Morgan fingerprint density at radius 1 is 1.10 bits per heavy atom. The maximum absolute atomic E-state index is 12.5. The zero-order valence-electron chi connectivity index (χ0n) is 11.4. The van der Waals surface area contributed by atoms with Gasteiger partial charge in [-0.2, -0.15) is 0 Å². The average molecular weight is 273 g/mol. The first kappa shape index (κ1) is 13.2. The van der Waals surface area contributed by atoms with Crippen LogP contribution in [0.3, 0.4) is 0 Å². The van der Waals surface area contributed by atoms with Crippen molar-refractivity contribution in [3.63, 3.8) is 0 Å². The van der Waals surface area contributed by atoms with Gasteiger partial charge in [0.15, 0.2) is 0 Å². The summed E-state index contributed by atoms with van der Waals surface area (Å²) < 4.78 is 0. The van der Waals surface area contributed by atoms with E-state index in [1.807, 2.05) is 17.0 Å². The van der Waals surface area contributed by atoms with E-state index in [9.17, 15) is 9.59 Å². The fourth-order valence-electron chi connectivity index (χ4n) is 3.37. The molecule has 1 heterocycles. The number of amides is 1. The monoisotopic (exact) mass is 273 g/mol. The van der Waals surface area contributed by atoms with Gasteiger partial charge in [0, 0.05) is 19.0 Å². The van der Waals surface area contributed by atoms with Crippen LogP contribution in [0, 0.1) is 11.8 Å². The lowest BCUT2D eigenvalue weighted by Crippen LogP contribution is -2.39. The van der Waals surface area contributed by atoms with E-state index >= 15 is 0 Å². The highest BCUT2D eigenvalue weighted by Crippen LogP contribution is 2.33. The molecule has 2 aliphatic rings. The van der Waals surface area contributed by atoms with Crippen molar-refractivity contribution >= 4 is 11.9 Å². The van der Waals surface area contributed by atoms with Gasteiger partial charge in [0.2, 0.25) is 5.91 Å². The van der Waals surface area contributed by atoms with Crippen molar-refractivity contribution in [2.75, 3.05) is 6.54 Å². The smallest absolute Gasteiger partial charge is 0.306 e. The summed E-state index contributed by atoms with van der Waals surface area (Å²) in [4.78, 5) is 25.4. The Labute approximate surface area is 118 Å². The number of carbonyl (C=O) groups is 2. The zero-order valence-corrected chi connectivity index (χ0v) is 11.4. The maximum Gasteiger partial charge on any atom is 0.306 e. The van der Waals surface area contributed by atoms with Crippen molar-refractivity contribution in [2.24, 2.45) is 11.8 Å². The first-order valence-corrected chi connectivity index (χ1v) is 7.23. The third kappa shape index (κ3) is 2.42. The predicted octanol–water partition coefficient (Wildman–Crippen LogP) is 2.07. The van der Waals surface area contributed by atoms with Crippen LogP contribution in [-0.4, -0.2) is 28.4 Å². The van der Waals surface area contributed by atoms with Gasteiger partial charge in [0.05, 0.1) is 5.92 Å². The van der Waals surface area contributed by atoms with E-state index in [0.29, 0.717) is 25.8 Å². The first-order chi connectivity index (χ1) is 9.65. The van der Waals surface area contributed by atoms with Crippen molar-refractivity contribution in [2.45, 2.75) is 32.2 Å². The zero-order chi connectivity index (χ0) is 14.1. The van der Waals surface area contributed by atoms with E-state index < -0.39 is 5.97 Å². The van der Waals surface area contributed by atoms with Crippen LogP contribution < -0.4 is 0 Å². The molecular formula is C16H19NO3. The second-order valence-corrected chi connectivity index (χ2v) is 5.82. The lowest BCUT2D eigenvalue weighted by Gasteiger charge is -2.31. The van der Waals surface area contributed by atoms with E-state index in [1.54, 1.807) is 0 Å². The van der Waals surface area contributed by atoms with Gasteiger partial charge in [0.1, 0.15) is 0 Å². The molecule has 0 bridgehead atoms. The molecule has 0 saturated heterocycles. The molecule has 4 nitrogen and oxygen atoms in total. The number of nitrogens with zero attached hydrogens (tertiary/aromatic N) is 1. The quantitative estimate of drug-likeness (QED) is 0.897. The normalized spacial score (nSPS) is 25.3. The number of aliphatic carboxylic acids is 1. The standard InChI is InChI=1S/C16H19NO3/c18-15(12-5-6-13(9-12)16(19)20)17-8-7-11-3-1-2-4-14(11)10-17/h1-4,12-13H,5-10H2,(H,19,20). The van der Waals surface area contributed by atoms with Crippen LogP contribution in [0.2, 0.25) is 0 Å². The van der Waals surface area contributed by atoms with Gasteiger partial charge in [-0.15, -0.1) is 0 Å². The van der Waals surface area contributed by atoms with Crippen LogP contribution in [0.5, 0.6) is 0 Å². The third-order valence-corrected chi connectivity index (χ3v) is 4.57. The van der Waals surface area contributed by atoms with Crippen LogP contribution in [0.1, 0.15) is 30.4 Å². The second-order valence-electron chi connectivity index (χ2n) is 5.82. The summed E-state index contributed by atoms with van der Waals surface area (Å²) in [6.45, 7) is 1.42. The lowest BCUT2D eigenvalue weighted by atomic mass is 9.97. The van der Waals surface area contributed by atoms with Crippen LogP contribution in [0.15, 0.2) is 24.3 Å². The lowest BCUT2D eigenvalue weighted by molar-refractivity contribution is -0.141. The van der Waals surface area contributed by atoms with Crippen LogP contribution in [-0.2, 0) is 22.6 Å². The highest BCUT2D eigenvalue weighted by atomic mass is 16.4. The van der Waals surface area contributed by atoms with Crippen molar-refractivity contribution in [3.05, 3.63) is 35.4 Å². The van der Waals surface area contributed by atoms with Crippen LogP contribution in [0.25, 0.3) is 0 Å². The fraction of sp³-hybridized carbons (Fsp3) is 0.500. The van der Waals surface area contributed by atoms with Crippen molar-refractivity contribution < 1.29 is 14.7 Å². The Hall–Kier alpha value is -1.84. The molecule has 1 aromatic rings. The molecule has 1 fully saturated rings. The molecule has 4 heteroatoms.